The fourth-order valence-corrected chi connectivity index (χ4v) is 3.79. The molecule has 5 heteroatoms. The Hall–Kier alpha value is -2.43. The summed E-state index contributed by atoms with van der Waals surface area (Å²) in [5.74, 6) is 0.869. The van der Waals surface area contributed by atoms with Gasteiger partial charge in [0, 0.05) is 25.5 Å². The van der Waals surface area contributed by atoms with E-state index in [0.717, 1.165) is 33.8 Å². The lowest BCUT2D eigenvalue weighted by Crippen LogP contribution is -2.25. The quantitative estimate of drug-likeness (QED) is 0.763. The second-order valence-electron chi connectivity index (χ2n) is 7.93. The predicted molar refractivity (Wildman–Crippen MR) is 100 cm³/mol. The first-order valence-corrected chi connectivity index (χ1v) is 9.26. The van der Waals surface area contributed by atoms with Gasteiger partial charge in [0.2, 0.25) is 0 Å². The Labute approximate surface area is 154 Å². The number of Topliss-reactive ketones (excluding diaryl/α,β-unsaturated/α-hetero) is 1. The molecule has 2 aromatic rings. The fourth-order valence-electron chi connectivity index (χ4n) is 3.79. The van der Waals surface area contributed by atoms with Crippen LogP contribution in [-0.4, -0.2) is 21.3 Å². The van der Waals surface area contributed by atoms with E-state index in [9.17, 15) is 4.79 Å². The first-order chi connectivity index (χ1) is 12.4. The van der Waals surface area contributed by atoms with Crippen molar-refractivity contribution in [3.05, 3.63) is 52.3 Å². The van der Waals surface area contributed by atoms with Gasteiger partial charge in [-0.2, -0.15) is 5.10 Å². The maximum absolute atomic E-state index is 12.4. The Kier molecular flexibility index (Phi) is 3.98. The molecule has 1 atom stereocenters. The van der Waals surface area contributed by atoms with Crippen LogP contribution in [0.4, 0.5) is 0 Å². The number of oxime groups is 1. The largest absolute Gasteiger partial charge is 0.382 e. The summed E-state index contributed by atoms with van der Waals surface area (Å²) in [5.41, 5.74) is 5.26. The molecule has 0 saturated heterocycles. The maximum atomic E-state index is 12.4. The van der Waals surface area contributed by atoms with Crippen LogP contribution >= 0.6 is 0 Å². The topological polar surface area (TPSA) is 56.5 Å². The van der Waals surface area contributed by atoms with E-state index in [0.29, 0.717) is 18.8 Å². The van der Waals surface area contributed by atoms with Gasteiger partial charge in [-0.1, -0.05) is 17.3 Å². The average molecular weight is 351 g/mol. The highest BCUT2D eigenvalue weighted by atomic mass is 16.7. The van der Waals surface area contributed by atoms with Crippen LogP contribution in [0, 0.1) is 19.8 Å². The van der Waals surface area contributed by atoms with Crippen LogP contribution in [0.1, 0.15) is 65.5 Å². The van der Waals surface area contributed by atoms with Gasteiger partial charge in [-0.15, -0.1) is 0 Å². The number of aryl methyl sites for hydroxylation is 3. The molecule has 0 spiro atoms. The molecule has 2 heterocycles. The molecule has 1 unspecified atom stereocenters. The van der Waals surface area contributed by atoms with Gasteiger partial charge in [0.05, 0.1) is 17.1 Å². The zero-order valence-corrected chi connectivity index (χ0v) is 15.9. The minimum atomic E-state index is -0.514. The number of nitrogens with zero attached hydrogens (tertiary/aromatic N) is 3. The molecule has 4 rings (SSSR count). The van der Waals surface area contributed by atoms with E-state index >= 15 is 0 Å². The minimum absolute atomic E-state index is 0.261. The second-order valence-corrected chi connectivity index (χ2v) is 7.93. The molecular formula is C21H25N3O2. The Morgan fingerprint density at radius 2 is 2.08 bits per heavy atom. The van der Waals surface area contributed by atoms with Crippen LogP contribution in [-0.2, 0) is 17.5 Å². The highest BCUT2D eigenvalue weighted by Crippen LogP contribution is 2.37. The molecular weight excluding hydrogens is 326 g/mol. The summed E-state index contributed by atoms with van der Waals surface area (Å²) in [5, 5.41) is 8.77. The Morgan fingerprint density at radius 1 is 1.31 bits per heavy atom. The average Bonchev–Trinajstić information content (AvgIpc) is 3.20. The van der Waals surface area contributed by atoms with Crippen molar-refractivity contribution in [3.8, 4) is 0 Å². The number of carbonyl (C=O) groups is 1. The van der Waals surface area contributed by atoms with E-state index in [1.807, 2.05) is 50.7 Å². The molecule has 1 saturated carbocycles. The number of carbonyl (C=O) groups excluding carboxylic acids is 1. The first kappa shape index (κ1) is 17.0. The van der Waals surface area contributed by atoms with Crippen molar-refractivity contribution >= 4 is 11.5 Å². The van der Waals surface area contributed by atoms with E-state index in [-0.39, 0.29) is 5.78 Å². The van der Waals surface area contributed by atoms with Gasteiger partial charge < -0.3 is 4.84 Å². The Bertz CT molecular complexity index is 908. The van der Waals surface area contributed by atoms with Gasteiger partial charge in [-0.05, 0) is 62.8 Å². The standard InChI is InChI=1S/C21H25N3O2/c1-13-9-16(7-8-17(13)19(25)11-15-5-6-15)18-12-21(3,26-23-18)20-10-14(2)22-24(20)4/h7-10,15H,5-6,11-12H2,1-4H3. The first-order valence-electron chi connectivity index (χ1n) is 9.26. The molecule has 1 aliphatic carbocycles. The van der Waals surface area contributed by atoms with Crippen molar-refractivity contribution in [1.82, 2.24) is 9.78 Å². The summed E-state index contributed by atoms with van der Waals surface area (Å²) in [6.45, 7) is 6.02. The lowest BCUT2D eigenvalue weighted by atomic mass is 9.91. The maximum Gasteiger partial charge on any atom is 0.181 e. The normalized spacial score (nSPS) is 22.2. The number of hydrogen-bond acceptors (Lipinski definition) is 4. The van der Waals surface area contributed by atoms with Crippen molar-refractivity contribution in [2.45, 2.75) is 52.1 Å². The summed E-state index contributed by atoms with van der Waals surface area (Å²) >= 11 is 0. The third-order valence-corrected chi connectivity index (χ3v) is 5.44. The summed E-state index contributed by atoms with van der Waals surface area (Å²) in [6.07, 6.45) is 3.76. The number of benzene rings is 1. The van der Waals surface area contributed by atoms with Gasteiger partial charge in [0.25, 0.3) is 0 Å². The number of aromatic nitrogens is 2. The molecule has 136 valence electrons. The molecule has 0 amide bonds. The van der Waals surface area contributed by atoms with Crippen molar-refractivity contribution < 1.29 is 9.63 Å². The molecule has 0 bridgehead atoms. The minimum Gasteiger partial charge on any atom is -0.382 e. The van der Waals surface area contributed by atoms with Crippen molar-refractivity contribution in [3.63, 3.8) is 0 Å². The molecule has 5 nitrogen and oxygen atoms in total. The van der Waals surface area contributed by atoms with Gasteiger partial charge in [0.1, 0.15) is 0 Å². The van der Waals surface area contributed by atoms with Crippen LogP contribution in [0.25, 0.3) is 0 Å². The van der Waals surface area contributed by atoms with E-state index < -0.39 is 5.60 Å². The predicted octanol–water partition coefficient (Wildman–Crippen LogP) is 4.06. The summed E-state index contributed by atoms with van der Waals surface area (Å²) in [4.78, 5) is 18.2. The van der Waals surface area contributed by atoms with Crippen molar-refractivity contribution in [2.75, 3.05) is 0 Å². The van der Waals surface area contributed by atoms with Gasteiger partial charge in [-0.3, -0.25) is 9.48 Å². The van der Waals surface area contributed by atoms with Crippen LogP contribution in [0.15, 0.2) is 29.4 Å². The van der Waals surface area contributed by atoms with Crippen LogP contribution in [0.3, 0.4) is 0 Å². The van der Waals surface area contributed by atoms with Gasteiger partial charge >= 0.3 is 0 Å². The van der Waals surface area contributed by atoms with E-state index in [1.165, 1.54) is 12.8 Å². The molecule has 2 aliphatic rings. The molecule has 1 aromatic carbocycles. The molecule has 0 N–H and O–H groups in total. The third-order valence-electron chi connectivity index (χ3n) is 5.44. The molecule has 26 heavy (non-hydrogen) atoms. The Balaban J connectivity index is 1.54. The van der Waals surface area contributed by atoms with Crippen molar-refractivity contribution in [2.24, 2.45) is 18.1 Å². The van der Waals surface area contributed by atoms with Crippen LogP contribution < -0.4 is 0 Å². The third kappa shape index (κ3) is 3.06. The molecule has 0 radical (unpaired) electrons. The zero-order valence-electron chi connectivity index (χ0n) is 15.9. The number of hydrogen-bond donors (Lipinski definition) is 0. The number of rotatable bonds is 5. The summed E-state index contributed by atoms with van der Waals surface area (Å²) in [7, 11) is 1.93. The van der Waals surface area contributed by atoms with Crippen LogP contribution in [0.5, 0.6) is 0 Å². The molecule has 1 aliphatic heterocycles. The monoisotopic (exact) mass is 351 g/mol. The zero-order chi connectivity index (χ0) is 18.5. The van der Waals surface area contributed by atoms with E-state index in [2.05, 4.69) is 16.3 Å². The lowest BCUT2D eigenvalue weighted by Gasteiger charge is -2.21. The highest BCUT2D eigenvalue weighted by molar-refractivity contribution is 6.04. The summed E-state index contributed by atoms with van der Waals surface area (Å²) in [6, 6.07) is 8.04. The molecule has 1 fully saturated rings. The SMILES string of the molecule is Cc1cc(C2(C)CC(c3ccc(C(=O)CC4CC4)c(C)c3)=NO2)n(C)n1. The van der Waals surface area contributed by atoms with E-state index in [1.54, 1.807) is 0 Å². The second kappa shape index (κ2) is 6.08. The lowest BCUT2D eigenvalue weighted by molar-refractivity contribution is -0.0135. The number of ketones is 1. The van der Waals surface area contributed by atoms with Gasteiger partial charge in [0.15, 0.2) is 11.4 Å². The Morgan fingerprint density at radius 3 is 2.69 bits per heavy atom. The molecule has 1 aromatic heterocycles. The highest BCUT2D eigenvalue weighted by Gasteiger charge is 2.39. The smallest absolute Gasteiger partial charge is 0.181 e. The summed E-state index contributed by atoms with van der Waals surface area (Å²) < 4.78 is 1.86. The fraction of sp³-hybridized carbons (Fsp3) is 0.476. The van der Waals surface area contributed by atoms with Crippen LogP contribution in [0.2, 0.25) is 0 Å². The van der Waals surface area contributed by atoms with Crippen molar-refractivity contribution in [1.29, 1.82) is 0 Å². The van der Waals surface area contributed by atoms with Gasteiger partial charge in [-0.25, -0.2) is 0 Å². The van der Waals surface area contributed by atoms with E-state index in [4.69, 9.17) is 4.84 Å².